The number of aromatic nitrogens is 3. The number of hydrogen-bond acceptors (Lipinski definition) is 11. The molecule has 2 fully saturated rings. The number of amides is 3. The van der Waals surface area contributed by atoms with Crippen LogP contribution in [0.5, 0.6) is 5.75 Å². The summed E-state index contributed by atoms with van der Waals surface area (Å²) in [5, 5.41) is 61.3. The van der Waals surface area contributed by atoms with E-state index < -0.39 is 60.4 Å². The number of fused-ring (bicyclic) bond motifs is 18. The normalized spacial score (nSPS) is 28.5. The Bertz CT molecular complexity index is 1610. The lowest BCUT2D eigenvalue weighted by molar-refractivity contribution is -0.229. The van der Waals surface area contributed by atoms with Crippen LogP contribution in [-0.4, -0.2) is 115 Å². The fourth-order valence-corrected chi connectivity index (χ4v) is 8.02. The van der Waals surface area contributed by atoms with Gasteiger partial charge in [-0.25, -0.2) is 9.48 Å². The zero-order chi connectivity index (χ0) is 39.5. The molecule has 304 valence electrons. The number of aliphatic hydroxyl groups excluding tert-OH is 3. The van der Waals surface area contributed by atoms with Crippen molar-refractivity contribution >= 4 is 23.7 Å². The third-order valence-corrected chi connectivity index (χ3v) is 11.1. The van der Waals surface area contributed by atoms with E-state index in [0.717, 1.165) is 44.2 Å². The van der Waals surface area contributed by atoms with E-state index in [1.807, 2.05) is 0 Å². The molecule has 4 bridgehead atoms. The van der Waals surface area contributed by atoms with Gasteiger partial charge in [-0.3, -0.25) is 14.4 Å². The molecular formula is C39H58N6O10. The van der Waals surface area contributed by atoms with Crippen molar-refractivity contribution in [3.8, 4) is 5.75 Å². The molecule has 1 aliphatic carbocycles. The average molecular weight is 771 g/mol. The highest BCUT2D eigenvalue weighted by molar-refractivity contribution is 5.95. The van der Waals surface area contributed by atoms with Gasteiger partial charge >= 0.3 is 5.97 Å². The van der Waals surface area contributed by atoms with Gasteiger partial charge in [-0.1, -0.05) is 43.7 Å². The highest BCUT2D eigenvalue weighted by atomic mass is 16.6. The Morgan fingerprint density at radius 2 is 1.64 bits per heavy atom. The van der Waals surface area contributed by atoms with E-state index in [4.69, 9.17) is 9.47 Å². The Morgan fingerprint density at radius 1 is 0.945 bits per heavy atom. The van der Waals surface area contributed by atoms with Crippen molar-refractivity contribution in [1.82, 2.24) is 30.9 Å². The van der Waals surface area contributed by atoms with Crippen LogP contribution in [-0.2, 0) is 25.7 Å². The van der Waals surface area contributed by atoms with E-state index in [0.29, 0.717) is 67.7 Å². The summed E-state index contributed by atoms with van der Waals surface area (Å²) in [6.45, 7) is 3.75. The van der Waals surface area contributed by atoms with Crippen LogP contribution in [0.3, 0.4) is 0 Å². The summed E-state index contributed by atoms with van der Waals surface area (Å²) in [6, 6.07) is 1.97. The van der Waals surface area contributed by atoms with E-state index in [2.05, 4.69) is 26.3 Å². The molecule has 1 aromatic heterocycles. The Balaban J connectivity index is 1.34. The van der Waals surface area contributed by atoms with Crippen LogP contribution in [0.4, 0.5) is 0 Å². The van der Waals surface area contributed by atoms with Crippen molar-refractivity contribution in [2.75, 3.05) is 19.7 Å². The smallest absolute Gasteiger partial charge is 0.336 e. The molecule has 6 rings (SSSR count). The quantitative estimate of drug-likeness (QED) is 0.232. The summed E-state index contributed by atoms with van der Waals surface area (Å²) in [5.74, 6) is -1.62. The van der Waals surface area contributed by atoms with Gasteiger partial charge < -0.3 is 45.9 Å². The van der Waals surface area contributed by atoms with Crippen LogP contribution in [0.15, 0.2) is 18.3 Å². The van der Waals surface area contributed by atoms with Gasteiger partial charge in [0.15, 0.2) is 5.60 Å². The number of nitrogens with one attached hydrogen (secondary N) is 3. The van der Waals surface area contributed by atoms with Gasteiger partial charge in [0.1, 0.15) is 24.5 Å². The molecule has 7 N–H and O–H groups in total. The van der Waals surface area contributed by atoms with Gasteiger partial charge in [-0.2, -0.15) is 0 Å². The van der Waals surface area contributed by atoms with E-state index in [1.54, 1.807) is 32.2 Å². The van der Waals surface area contributed by atoms with Crippen LogP contribution in [0.25, 0.3) is 0 Å². The van der Waals surface area contributed by atoms with E-state index >= 15 is 0 Å². The monoisotopic (exact) mass is 770 g/mol. The first-order valence-corrected chi connectivity index (χ1v) is 19.8. The lowest BCUT2D eigenvalue weighted by Crippen LogP contribution is -2.67. The minimum atomic E-state index is -1.93. The molecule has 2 aromatic rings. The molecule has 3 amide bonds. The molecule has 16 heteroatoms. The van der Waals surface area contributed by atoms with Crippen LogP contribution in [0.1, 0.15) is 123 Å². The number of hydrogen-bond donors (Lipinski definition) is 7. The first-order chi connectivity index (χ1) is 26.4. The Morgan fingerprint density at radius 3 is 2.36 bits per heavy atom. The maximum absolute atomic E-state index is 13.4. The Labute approximate surface area is 321 Å². The lowest BCUT2D eigenvalue weighted by Gasteiger charge is -2.47. The van der Waals surface area contributed by atoms with Crippen molar-refractivity contribution in [3.05, 3.63) is 40.7 Å². The van der Waals surface area contributed by atoms with Gasteiger partial charge in [0.05, 0.1) is 30.6 Å². The summed E-state index contributed by atoms with van der Waals surface area (Å²) in [4.78, 5) is 51.8. The van der Waals surface area contributed by atoms with Crippen LogP contribution >= 0.6 is 0 Å². The third-order valence-electron chi connectivity index (χ3n) is 11.1. The molecule has 1 aromatic carbocycles. The number of carbonyl (C=O) groups is 4. The molecule has 1 saturated heterocycles. The topological polar surface area (TPSA) is 234 Å². The highest BCUT2D eigenvalue weighted by Crippen LogP contribution is 2.37. The maximum Gasteiger partial charge on any atom is 0.336 e. The number of nitrogens with zero attached hydrogens (tertiary/aromatic N) is 3. The van der Waals surface area contributed by atoms with Crippen molar-refractivity contribution in [3.63, 3.8) is 0 Å². The molecule has 55 heavy (non-hydrogen) atoms. The standard InChI is InChI=1S/C39H58N6O10/c1-24-18-27-19-25(2)35(24)54-17-11-16-40-31(48)14-9-4-3-5-10-15-39(38(52)53)20-29(46)33(36(55-39)34(50)30(47)21-41-37(27)51)42-32(49)23-45-22-28(43-44-45)26-12-7-6-8-13-26/h18-19,22,26,29-30,33-34,36,46-47,50H,3-17,20-21,23H2,1-2H3,(H,40,48)(H,41,51)(H,42,49)(H,52,53)/t29-,30+,33?,34+,36?,39?/m0/s1. The number of aryl methyl sites for hydroxylation is 2. The first-order valence-electron chi connectivity index (χ1n) is 19.8. The molecular weight excluding hydrogens is 712 g/mol. The SMILES string of the molecule is Cc1cc2cc(C)c1OCCCNC(=O)CCCCCCCC1(C(=O)O)C[C@H](O)C(NC(=O)Cn3cc(C4CCCCC4)nn3)C(O1)[C@H](O)[C@H](O)CNC2=O. The van der Waals surface area contributed by atoms with Gasteiger partial charge in [0.2, 0.25) is 11.8 Å². The van der Waals surface area contributed by atoms with E-state index in [1.165, 1.54) is 11.1 Å². The Kier molecular flexibility index (Phi) is 15.0. The molecule has 4 heterocycles. The number of aliphatic hydroxyl groups is 3. The number of carbonyl (C=O) groups excluding carboxylic acids is 3. The van der Waals surface area contributed by atoms with E-state index in [-0.39, 0.29) is 31.2 Å². The van der Waals surface area contributed by atoms with Crippen LogP contribution < -0.4 is 20.7 Å². The molecule has 1 saturated carbocycles. The predicted octanol–water partition coefficient (Wildman–Crippen LogP) is 2.18. The second kappa shape index (κ2) is 19.6. The van der Waals surface area contributed by atoms with Crippen molar-refractivity contribution < 1.29 is 49.1 Å². The van der Waals surface area contributed by atoms with Gasteiger partial charge in [-0.15, -0.1) is 5.10 Å². The fourth-order valence-electron chi connectivity index (χ4n) is 8.02. The zero-order valence-corrected chi connectivity index (χ0v) is 32.0. The second-order valence-electron chi connectivity index (χ2n) is 15.4. The number of aliphatic carboxylic acids is 1. The number of benzene rings is 1. The minimum absolute atomic E-state index is 0.00370. The summed E-state index contributed by atoms with van der Waals surface area (Å²) >= 11 is 0. The van der Waals surface area contributed by atoms with Crippen molar-refractivity contribution in [1.29, 1.82) is 0 Å². The average Bonchev–Trinajstić information content (AvgIpc) is 3.62. The second-order valence-corrected chi connectivity index (χ2v) is 15.4. The lowest BCUT2D eigenvalue weighted by atomic mass is 9.80. The minimum Gasteiger partial charge on any atom is -0.493 e. The number of carboxylic acids is 1. The molecule has 0 spiro atoms. The predicted molar refractivity (Wildman–Crippen MR) is 199 cm³/mol. The molecule has 4 aliphatic rings. The van der Waals surface area contributed by atoms with E-state index in [9.17, 15) is 39.6 Å². The van der Waals surface area contributed by atoms with Gasteiger partial charge in [0.25, 0.3) is 5.91 Å². The summed E-state index contributed by atoms with van der Waals surface area (Å²) in [7, 11) is 0. The molecule has 3 aliphatic heterocycles. The molecule has 6 atom stereocenters. The van der Waals surface area contributed by atoms with Crippen LogP contribution in [0, 0.1) is 13.8 Å². The summed E-state index contributed by atoms with van der Waals surface area (Å²) < 4.78 is 13.5. The molecule has 16 nitrogen and oxygen atoms in total. The fraction of sp³-hybridized carbons (Fsp3) is 0.692. The largest absolute Gasteiger partial charge is 0.493 e. The highest BCUT2D eigenvalue weighted by Gasteiger charge is 2.54. The zero-order valence-electron chi connectivity index (χ0n) is 32.0. The Hall–Kier alpha value is -4.12. The molecule has 0 radical (unpaired) electrons. The maximum atomic E-state index is 13.4. The third kappa shape index (κ3) is 11.2. The first kappa shape index (κ1) is 42.0. The van der Waals surface area contributed by atoms with Crippen molar-refractivity contribution in [2.45, 2.75) is 152 Å². The van der Waals surface area contributed by atoms with Gasteiger partial charge in [0, 0.05) is 43.6 Å². The van der Waals surface area contributed by atoms with Crippen molar-refractivity contribution in [2.24, 2.45) is 0 Å². The number of carboxylic acid groups (broad SMARTS) is 1. The molecule has 3 unspecified atom stereocenters. The number of ether oxygens (including phenoxy) is 2. The van der Waals surface area contributed by atoms with Crippen LogP contribution in [0.2, 0.25) is 0 Å². The summed E-state index contributed by atoms with van der Waals surface area (Å²) in [6.07, 6.45) is 4.39. The number of rotatable bonds is 5. The van der Waals surface area contributed by atoms with Gasteiger partial charge in [-0.05, 0) is 75.6 Å². The summed E-state index contributed by atoms with van der Waals surface area (Å²) in [5.41, 5.74) is 0.597.